The Bertz CT molecular complexity index is 436. The third-order valence-corrected chi connectivity index (χ3v) is 6.22. The van der Waals surface area contributed by atoms with Gasteiger partial charge in [0.15, 0.2) is 5.96 Å². The van der Waals surface area contributed by atoms with Gasteiger partial charge in [-0.3, -0.25) is 14.8 Å². The summed E-state index contributed by atoms with van der Waals surface area (Å²) in [6.07, 6.45) is 4.03. The molecule has 158 valence electrons. The number of aliphatic imine (C=N–C) groups is 1. The highest BCUT2D eigenvalue weighted by Crippen LogP contribution is 2.20. The van der Waals surface area contributed by atoms with Crippen LogP contribution in [-0.4, -0.2) is 97.7 Å². The highest BCUT2D eigenvalue weighted by Gasteiger charge is 2.27. The van der Waals surface area contributed by atoms with E-state index >= 15 is 0 Å². The Kier molecular flexibility index (Phi) is 9.33. The van der Waals surface area contributed by atoms with E-state index in [1.54, 1.807) is 0 Å². The van der Waals surface area contributed by atoms with Gasteiger partial charge in [-0.25, -0.2) is 0 Å². The van der Waals surface area contributed by atoms with Crippen LogP contribution >= 0.6 is 0 Å². The van der Waals surface area contributed by atoms with Crippen LogP contribution in [0.15, 0.2) is 4.99 Å². The van der Waals surface area contributed by atoms with Crippen LogP contribution in [-0.2, 0) is 0 Å². The molecule has 0 amide bonds. The average molecular weight is 381 g/mol. The predicted octanol–water partition coefficient (Wildman–Crippen LogP) is 1.83. The topological polar surface area (TPSA) is 46.1 Å². The van der Waals surface area contributed by atoms with Crippen molar-refractivity contribution in [3.63, 3.8) is 0 Å². The number of rotatable bonds is 8. The summed E-state index contributed by atoms with van der Waals surface area (Å²) in [6, 6.07) is 0.531. The molecule has 1 atom stereocenters. The number of guanidine groups is 1. The normalized spacial score (nSPS) is 22.6. The molecule has 2 fully saturated rings. The lowest BCUT2D eigenvalue weighted by molar-refractivity contribution is 0.102. The first-order chi connectivity index (χ1) is 13.0. The van der Waals surface area contributed by atoms with Crippen molar-refractivity contribution in [3.05, 3.63) is 0 Å². The lowest BCUT2D eigenvalue weighted by atomic mass is 9.99. The smallest absolute Gasteiger partial charge is 0.191 e. The summed E-state index contributed by atoms with van der Waals surface area (Å²) in [5.74, 6) is 0.960. The average Bonchev–Trinajstić information content (AvgIpc) is 2.70. The Hall–Kier alpha value is -0.850. The van der Waals surface area contributed by atoms with E-state index in [1.165, 1.54) is 65.1 Å². The molecule has 2 rings (SSSR count). The van der Waals surface area contributed by atoms with Crippen LogP contribution in [0.5, 0.6) is 0 Å². The summed E-state index contributed by atoms with van der Waals surface area (Å²) in [5, 5.41) is 7.01. The van der Waals surface area contributed by atoms with Gasteiger partial charge in [0.05, 0.1) is 6.54 Å². The molecule has 2 aliphatic rings. The molecule has 6 heteroatoms. The molecule has 0 spiro atoms. The zero-order valence-corrected chi connectivity index (χ0v) is 18.6. The third kappa shape index (κ3) is 7.24. The van der Waals surface area contributed by atoms with Crippen molar-refractivity contribution in [3.8, 4) is 0 Å². The van der Waals surface area contributed by atoms with Crippen molar-refractivity contribution in [2.75, 3.05) is 65.4 Å². The van der Waals surface area contributed by atoms with E-state index in [0.717, 1.165) is 25.6 Å². The maximum Gasteiger partial charge on any atom is 0.191 e. The monoisotopic (exact) mass is 380 g/mol. The minimum absolute atomic E-state index is 0.130. The Morgan fingerprint density at radius 3 is 2.22 bits per heavy atom. The summed E-state index contributed by atoms with van der Waals surface area (Å²) in [6.45, 7) is 22.4. The Labute approximate surface area is 167 Å². The van der Waals surface area contributed by atoms with Gasteiger partial charge in [0.25, 0.3) is 0 Å². The number of piperazine rings is 1. The molecule has 0 aromatic heterocycles. The number of hydrogen-bond acceptors (Lipinski definition) is 4. The molecule has 0 radical (unpaired) electrons. The molecule has 6 nitrogen and oxygen atoms in total. The first-order valence-corrected chi connectivity index (χ1v) is 11.2. The Morgan fingerprint density at radius 2 is 1.63 bits per heavy atom. The van der Waals surface area contributed by atoms with Crippen LogP contribution in [0.1, 0.15) is 53.9 Å². The molecule has 1 unspecified atom stereocenters. The molecule has 0 saturated carbocycles. The second-order valence-corrected chi connectivity index (χ2v) is 8.76. The zero-order valence-electron chi connectivity index (χ0n) is 18.6. The van der Waals surface area contributed by atoms with Gasteiger partial charge in [-0.15, -0.1) is 0 Å². The van der Waals surface area contributed by atoms with Gasteiger partial charge in [0, 0.05) is 50.8 Å². The standard InChI is InChI=1S/C21H44N6/c1-6-22-20(24-18-21(4,5)27-11-9-8-10-12-27)23-17-19(3)26-15-13-25(7-2)14-16-26/h19H,6-18H2,1-5H3,(H2,22,23,24). The largest absolute Gasteiger partial charge is 0.357 e. The number of nitrogens with one attached hydrogen (secondary N) is 2. The van der Waals surface area contributed by atoms with Gasteiger partial charge >= 0.3 is 0 Å². The van der Waals surface area contributed by atoms with Crippen molar-refractivity contribution >= 4 is 5.96 Å². The van der Waals surface area contributed by atoms with Crippen LogP contribution in [0.3, 0.4) is 0 Å². The number of hydrogen-bond donors (Lipinski definition) is 2. The summed E-state index contributed by atoms with van der Waals surface area (Å²) in [7, 11) is 0. The van der Waals surface area contributed by atoms with Crippen LogP contribution < -0.4 is 10.6 Å². The third-order valence-electron chi connectivity index (χ3n) is 6.22. The Morgan fingerprint density at radius 1 is 0.963 bits per heavy atom. The van der Waals surface area contributed by atoms with Gasteiger partial charge < -0.3 is 15.5 Å². The van der Waals surface area contributed by atoms with E-state index in [-0.39, 0.29) is 5.54 Å². The molecule has 0 aromatic carbocycles. The molecule has 2 aliphatic heterocycles. The van der Waals surface area contributed by atoms with Gasteiger partial charge in [-0.05, 0) is 60.2 Å². The molecule has 2 heterocycles. The summed E-state index contributed by atoms with van der Waals surface area (Å²) in [5.41, 5.74) is 0.130. The lowest BCUT2D eigenvalue weighted by Gasteiger charge is -2.40. The first-order valence-electron chi connectivity index (χ1n) is 11.2. The van der Waals surface area contributed by atoms with Crippen LogP contribution in [0.25, 0.3) is 0 Å². The molecule has 0 bridgehead atoms. The van der Waals surface area contributed by atoms with E-state index < -0.39 is 0 Å². The van der Waals surface area contributed by atoms with Gasteiger partial charge in [-0.1, -0.05) is 13.3 Å². The summed E-state index contributed by atoms with van der Waals surface area (Å²) < 4.78 is 0. The molecule has 0 aliphatic carbocycles. The SMILES string of the molecule is CCNC(=NCC(C)(C)N1CCCCC1)NCC(C)N1CCN(CC)CC1. The van der Waals surface area contributed by atoms with E-state index in [1.807, 2.05) is 0 Å². The number of nitrogens with zero attached hydrogens (tertiary/aromatic N) is 4. The Balaban J connectivity index is 1.82. The molecule has 0 aromatic rings. The zero-order chi connectivity index (χ0) is 19.7. The fourth-order valence-corrected chi connectivity index (χ4v) is 4.11. The summed E-state index contributed by atoms with van der Waals surface area (Å²) in [4.78, 5) is 12.7. The van der Waals surface area contributed by atoms with Crippen molar-refractivity contribution in [2.45, 2.75) is 65.5 Å². The lowest BCUT2D eigenvalue weighted by Crippen LogP contribution is -2.53. The maximum atomic E-state index is 4.93. The number of piperidine rings is 1. The van der Waals surface area contributed by atoms with Gasteiger partial charge in [0.1, 0.15) is 0 Å². The highest BCUT2D eigenvalue weighted by atomic mass is 15.3. The number of likely N-dealkylation sites (N-methyl/N-ethyl adjacent to an activating group) is 1. The van der Waals surface area contributed by atoms with E-state index in [0.29, 0.717) is 6.04 Å². The summed E-state index contributed by atoms with van der Waals surface area (Å²) >= 11 is 0. The minimum atomic E-state index is 0.130. The van der Waals surface area contributed by atoms with Gasteiger partial charge in [0.2, 0.25) is 0 Å². The van der Waals surface area contributed by atoms with Crippen molar-refractivity contribution in [2.24, 2.45) is 4.99 Å². The quantitative estimate of drug-likeness (QED) is 0.497. The van der Waals surface area contributed by atoms with Crippen LogP contribution in [0.4, 0.5) is 0 Å². The van der Waals surface area contributed by atoms with E-state index in [4.69, 9.17) is 4.99 Å². The van der Waals surface area contributed by atoms with E-state index in [9.17, 15) is 0 Å². The minimum Gasteiger partial charge on any atom is -0.357 e. The molecule has 2 saturated heterocycles. The van der Waals surface area contributed by atoms with E-state index in [2.05, 4.69) is 60.0 Å². The fourth-order valence-electron chi connectivity index (χ4n) is 4.11. The second-order valence-electron chi connectivity index (χ2n) is 8.76. The van der Waals surface area contributed by atoms with Gasteiger partial charge in [-0.2, -0.15) is 0 Å². The molecule has 2 N–H and O–H groups in total. The van der Waals surface area contributed by atoms with Crippen molar-refractivity contribution < 1.29 is 0 Å². The number of likely N-dealkylation sites (tertiary alicyclic amines) is 1. The second kappa shape index (κ2) is 11.2. The van der Waals surface area contributed by atoms with Crippen molar-refractivity contribution in [1.29, 1.82) is 0 Å². The first kappa shape index (κ1) is 22.4. The van der Waals surface area contributed by atoms with Crippen LogP contribution in [0, 0.1) is 0 Å². The molecular formula is C21H44N6. The fraction of sp³-hybridized carbons (Fsp3) is 0.952. The maximum absolute atomic E-state index is 4.93. The molecular weight excluding hydrogens is 336 g/mol. The molecule has 27 heavy (non-hydrogen) atoms. The van der Waals surface area contributed by atoms with Crippen molar-refractivity contribution in [1.82, 2.24) is 25.3 Å². The van der Waals surface area contributed by atoms with Crippen LogP contribution in [0.2, 0.25) is 0 Å². The predicted molar refractivity (Wildman–Crippen MR) is 117 cm³/mol. The highest BCUT2D eigenvalue weighted by molar-refractivity contribution is 5.79.